The minimum atomic E-state index is -0.295. The Morgan fingerprint density at radius 3 is 2.81 bits per heavy atom. The molecule has 0 aliphatic rings. The van der Waals surface area contributed by atoms with Gasteiger partial charge in [0.1, 0.15) is 11.5 Å². The molecule has 4 heteroatoms. The van der Waals surface area contributed by atoms with Gasteiger partial charge in [-0.3, -0.25) is 4.68 Å². The highest BCUT2D eigenvalue weighted by atomic mass is 19.1. The lowest BCUT2D eigenvalue weighted by atomic mass is 10.1. The van der Waals surface area contributed by atoms with E-state index in [1.807, 2.05) is 0 Å². The summed E-state index contributed by atoms with van der Waals surface area (Å²) in [6.07, 6.45) is 2.71. The summed E-state index contributed by atoms with van der Waals surface area (Å²) in [4.78, 5) is 0. The summed E-state index contributed by atoms with van der Waals surface area (Å²) >= 11 is 0. The number of nitrogen functional groups attached to an aromatic ring is 1. The zero-order chi connectivity index (χ0) is 11.5. The molecule has 3 nitrogen and oxygen atoms in total. The third kappa shape index (κ3) is 1.91. The van der Waals surface area contributed by atoms with Crippen LogP contribution in [0.4, 0.5) is 10.1 Å². The fourth-order valence-corrected chi connectivity index (χ4v) is 1.64. The van der Waals surface area contributed by atoms with E-state index >= 15 is 0 Å². The smallest absolute Gasteiger partial charge is 0.132 e. The summed E-state index contributed by atoms with van der Waals surface area (Å²) in [5.74, 6) is -0.295. The molecule has 0 saturated heterocycles. The van der Waals surface area contributed by atoms with Crippen LogP contribution < -0.4 is 5.73 Å². The van der Waals surface area contributed by atoms with Gasteiger partial charge in [-0.1, -0.05) is 19.1 Å². The van der Waals surface area contributed by atoms with E-state index in [9.17, 15) is 4.39 Å². The molecule has 0 aliphatic carbocycles. The number of nitrogens with zero attached hydrogens (tertiary/aromatic N) is 2. The zero-order valence-electron chi connectivity index (χ0n) is 9.15. The maximum atomic E-state index is 13.5. The van der Waals surface area contributed by atoms with Crippen molar-refractivity contribution in [1.82, 2.24) is 9.78 Å². The summed E-state index contributed by atoms with van der Waals surface area (Å²) in [7, 11) is 0. The summed E-state index contributed by atoms with van der Waals surface area (Å²) in [6.45, 7) is 2.85. The molecule has 2 N–H and O–H groups in total. The standard InChI is InChI=1S/C12H14FN3/c1-2-7-16-8-11(14)12(15-16)9-5-3-4-6-10(9)13/h3-6,8H,2,7,14H2,1H3. The average Bonchev–Trinajstić information content (AvgIpc) is 2.61. The van der Waals surface area contributed by atoms with Gasteiger partial charge in [-0.2, -0.15) is 5.10 Å². The van der Waals surface area contributed by atoms with Gasteiger partial charge in [0.2, 0.25) is 0 Å². The number of hydrogen-bond acceptors (Lipinski definition) is 2. The second kappa shape index (κ2) is 4.35. The molecule has 1 aromatic heterocycles. The third-order valence-corrected chi connectivity index (χ3v) is 2.37. The van der Waals surface area contributed by atoms with Gasteiger partial charge in [-0.15, -0.1) is 0 Å². The lowest BCUT2D eigenvalue weighted by Gasteiger charge is -2.00. The Hall–Kier alpha value is -1.84. The Bertz CT molecular complexity index is 491. The number of halogens is 1. The summed E-state index contributed by atoms with van der Waals surface area (Å²) in [5, 5.41) is 4.28. The van der Waals surface area contributed by atoms with Crippen LogP contribution in [-0.2, 0) is 6.54 Å². The number of anilines is 1. The van der Waals surface area contributed by atoms with Crippen LogP contribution in [0.1, 0.15) is 13.3 Å². The van der Waals surface area contributed by atoms with E-state index in [0.29, 0.717) is 16.9 Å². The molecule has 1 heterocycles. The minimum Gasteiger partial charge on any atom is -0.396 e. The van der Waals surface area contributed by atoms with Crippen molar-refractivity contribution < 1.29 is 4.39 Å². The average molecular weight is 219 g/mol. The molecule has 0 bridgehead atoms. The molecular weight excluding hydrogens is 205 g/mol. The van der Waals surface area contributed by atoms with E-state index in [2.05, 4.69) is 12.0 Å². The number of benzene rings is 1. The maximum Gasteiger partial charge on any atom is 0.132 e. The molecule has 0 unspecified atom stereocenters. The number of rotatable bonds is 3. The van der Waals surface area contributed by atoms with Gasteiger partial charge < -0.3 is 5.73 Å². The van der Waals surface area contributed by atoms with Gasteiger partial charge in [0, 0.05) is 18.3 Å². The normalized spacial score (nSPS) is 10.6. The molecular formula is C12H14FN3. The number of hydrogen-bond donors (Lipinski definition) is 1. The van der Waals surface area contributed by atoms with E-state index in [-0.39, 0.29) is 5.82 Å². The molecule has 84 valence electrons. The van der Waals surface area contributed by atoms with Crippen LogP contribution in [0.5, 0.6) is 0 Å². The SMILES string of the molecule is CCCn1cc(N)c(-c2ccccc2F)n1. The first-order chi connectivity index (χ1) is 7.72. The molecule has 2 aromatic rings. The molecule has 0 aliphatic heterocycles. The van der Waals surface area contributed by atoms with Crippen molar-refractivity contribution in [2.45, 2.75) is 19.9 Å². The van der Waals surface area contributed by atoms with Gasteiger partial charge >= 0.3 is 0 Å². The van der Waals surface area contributed by atoms with E-state index < -0.39 is 0 Å². The van der Waals surface area contributed by atoms with Gasteiger partial charge in [0.05, 0.1) is 5.69 Å². The molecule has 0 radical (unpaired) electrons. The van der Waals surface area contributed by atoms with Gasteiger partial charge in [-0.25, -0.2) is 4.39 Å². The van der Waals surface area contributed by atoms with E-state index in [4.69, 9.17) is 5.73 Å². The Morgan fingerprint density at radius 1 is 1.38 bits per heavy atom. The summed E-state index contributed by atoms with van der Waals surface area (Å²) in [5.41, 5.74) is 7.31. The van der Waals surface area contributed by atoms with Crippen molar-refractivity contribution in [2.75, 3.05) is 5.73 Å². The van der Waals surface area contributed by atoms with Crippen molar-refractivity contribution in [1.29, 1.82) is 0 Å². The Labute approximate surface area is 93.7 Å². The maximum absolute atomic E-state index is 13.5. The van der Waals surface area contributed by atoms with Gasteiger partial charge in [0.15, 0.2) is 0 Å². The predicted molar refractivity (Wildman–Crippen MR) is 62.3 cm³/mol. The van der Waals surface area contributed by atoms with Crippen LogP contribution in [0.15, 0.2) is 30.5 Å². The summed E-state index contributed by atoms with van der Waals surface area (Å²) in [6, 6.07) is 6.52. The Morgan fingerprint density at radius 2 is 2.12 bits per heavy atom. The topological polar surface area (TPSA) is 43.8 Å². The van der Waals surface area contributed by atoms with Crippen molar-refractivity contribution in [3.63, 3.8) is 0 Å². The van der Waals surface area contributed by atoms with E-state index in [1.165, 1.54) is 6.07 Å². The number of aryl methyl sites for hydroxylation is 1. The zero-order valence-corrected chi connectivity index (χ0v) is 9.15. The van der Waals surface area contributed by atoms with Crippen molar-refractivity contribution in [3.05, 3.63) is 36.3 Å². The Kier molecular flexibility index (Phi) is 2.90. The van der Waals surface area contributed by atoms with E-state index in [0.717, 1.165) is 13.0 Å². The highest BCUT2D eigenvalue weighted by Crippen LogP contribution is 2.26. The number of aromatic nitrogens is 2. The summed E-state index contributed by atoms with van der Waals surface area (Å²) < 4.78 is 15.3. The molecule has 0 fully saturated rings. The van der Waals surface area contributed by atoms with Crippen LogP contribution >= 0.6 is 0 Å². The van der Waals surface area contributed by atoms with E-state index in [1.54, 1.807) is 29.1 Å². The molecule has 0 saturated carbocycles. The molecule has 0 atom stereocenters. The minimum absolute atomic E-state index is 0.295. The lowest BCUT2D eigenvalue weighted by molar-refractivity contribution is 0.601. The first-order valence-electron chi connectivity index (χ1n) is 5.30. The molecule has 0 amide bonds. The Balaban J connectivity index is 2.44. The van der Waals surface area contributed by atoms with Gasteiger partial charge in [-0.05, 0) is 18.6 Å². The monoisotopic (exact) mass is 219 g/mol. The highest BCUT2D eigenvalue weighted by Gasteiger charge is 2.11. The van der Waals surface area contributed by atoms with Crippen LogP contribution in [0.2, 0.25) is 0 Å². The van der Waals surface area contributed by atoms with Crippen molar-refractivity contribution in [3.8, 4) is 11.3 Å². The molecule has 1 aromatic carbocycles. The number of nitrogens with two attached hydrogens (primary N) is 1. The van der Waals surface area contributed by atoms with Crippen LogP contribution in [-0.4, -0.2) is 9.78 Å². The quantitative estimate of drug-likeness (QED) is 0.862. The predicted octanol–water partition coefficient (Wildman–Crippen LogP) is 2.68. The fraction of sp³-hybridized carbons (Fsp3) is 0.250. The first kappa shape index (κ1) is 10.7. The first-order valence-corrected chi connectivity index (χ1v) is 5.30. The second-order valence-corrected chi connectivity index (χ2v) is 3.68. The molecule has 0 spiro atoms. The molecule has 2 rings (SSSR count). The van der Waals surface area contributed by atoms with Crippen LogP contribution in [0, 0.1) is 5.82 Å². The highest BCUT2D eigenvalue weighted by molar-refractivity contribution is 5.72. The lowest BCUT2D eigenvalue weighted by Crippen LogP contribution is -1.97. The largest absolute Gasteiger partial charge is 0.396 e. The van der Waals surface area contributed by atoms with Crippen molar-refractivity contribution >= 4 is 5.69 Å². The fourth-order valence-electron chi connectivity index (χ4n) is 1.64. The van der Waals surface area contributed by atoms with Crippen LogP contribution in [0.3, 0.4) is 0 Å². The third-order valence-electron chi connectivity index (χ3n) is 2.37. The van der Waals surface area contributed by atoms with Crippen LogP contribution in [0.25, 0.3) is 11.3 Å². The van der Waals surface area contributed by atoms with Gasteiger partial charge in [0.25, 0.3) is 0 Å². The second-order valence-electron chi connectivity index (χ2n) is 3.68. The molecule has 16 heavy (non-hydrogen) atoms. The van der Waals surface area contributed by atoms with Crippen molar-refractivity contribution in [2.24, 2.45) is 0 Å².